The first-order valence-electron chi connectivity index (χ1n) is 8.39. The first kappa shape index (κ1) is 14.2. The monoisotopic (exact) mass is 317 g/mol. The molecule has 118 valence electrons. The molecule has 0 radical (unpaired) electrons. The van der Waals surface area contributed by atoms with E-state index in [1.54, 1.807) is 11.3 Å². The summed E-state index contributed by atoms with van der Waals surface area (Å²) in [5.74, 6) is 0.987. The summed E-state index contributed by atoms with van der Waals surface area (Å²) in [6.45, 7) is 2.95. The number of thiophene rings is 1. The van der Waals surface area contributed by atoms with Gasteiger partial charge in [0.25, 0.3) is 5.91 Å². The molecule has 2 fully saturated rings. The number of nitrogens with zero attached hydrogens (tertiary/aromatic N) is 3. The quantitative estimate of drug-likeness (QED) is 0.803. The number of aromatic nitrogens is 2. The van der Waals surface area contributed by atoms with Gasteiger partial charge >= 0.3 is 0 Å². The van der Waals surface area contributed by atoms with Gasteiger partial charge in [-0.25, -0.2) is 0 Å². The Kier molecular flexibility index (Phi) is 3.48. The molecule has 2 aromatic heterocycles. The fourth-order valence-electron chi connectivity index (χ4n) is 4.33. The van der Waals surface area contributed by atoms with Crippen LogP contribution in [0, 0.1) is 12.8 Å². The zero-order valence-corrected chi connectivity index (χ0v) is 14.2. The van der Waals surface area contributed by atoms with Crippen molar-refractivity contribution in [2.45, 2.75) is 51.5 Å². The molecular weight excluding hydrogens is 294 g/mol. The molecule has 5 heteroatoms. The number of amides is 1. The predicted molar refractivity (Wildman–Crippen MR) is 89.3 cm³/mol. The summed E-state index contributed by atoms with van der Waals surface area (Å²) in [6, 6.07) is 2.54. The molecule has 3 heterocycles. The molecule has 4 rings (SSSR count). The van der Waals surface area contributed by atoms with Crippen molar-refractivity contribution >= 4 is 27.5 Å². The van der Waals surface area contributed by atoms with Gasteiger partial charge in [-0.1, -0.05) is 12.8 Å². The number of carbonyl (C=O) groups is 1. The molecular formula is C17H23N3OS. The van der Waals surface area contributed by atoms with Gasteiger partial charge < -0.3 is 4.90 Å². The van der Waals surface area contributed by atoms with Crippen molar-refractivity contribution in [1.82, 2.24) is 14.7 Å². The molecule has 22 heavy (non-hydrogen) atoms. The molecule has 1 saturated heterocycles. The molecule has 1 saturated carbocycles. The number of fused-ring (bicyclic) bond motifs is 2. The average Bonchev–Trinajstić information content (AvgIpc) is 3.08. The molecule has 0 spiro atoms. The summed E-state index contributed by atoms with van der Waals surface area (Å²) in [4.78, 5) is 17.2. The Labute approximate surface area is 135 Å². The third-order valence-corrected chi connectivity index (χ3v) is 6.60. The van der Waals surface area contributed by atoms with Gasteiger partial charge in [-0.15, -0.1) is 11.3 Å². The molecule has 0 N–H and O–H groups in total. The van der Waals surface area contributed by atoms with E-state index in [4.69, 9.17) is 0 Å². The van der Waals surface area contributed by atoms with Crippen molar-refractivity contribution in [1.29, 1.82) is 0 Å². The van der Waals surface area contributed by atoms with Crippen LogP contribution in [0.4, 0.5) is 0 Å². The molecule has 1 amide bonds. The zero-order chi connectivity index (χ0) is 15.3. The molecule has 2 unspecified atom stereocenters. The van der Waals surface area contributed by atoms with E-state index < -0.39 is 0 Å². The topological polar surface area (TPSA) is 38.1 Å². The first-order valence-corrected chi connectivity index (χ1v) is 9.21. The number of rotatable bonds is 1. The molecule has 1 aliphatic carbocycles. The summed E-state index contributed by atoms with van der Waals surface area (Å²) in [6.07, 6.45) is 7.60. The zero-order valence-electron chi connectivity index (χ0n) is 13.3. The van der Waals surface area contributed by atoms with Gasteiger partial charge in [-0.2, -0.15) is 5.10 Å². The van der Waals surface area contributed by atoms with Crippen LogP contribution in [0.2, 0.25) is 0 Å². The van der Waals surface area contributed by atoms with Crippen LogP contribution in [-0.4, -0.2) is 33.2 Å². The summed E-state index contributed by atoms with van der Waals surface area (Å²) >= 11 is 1.60. The first-order chi connectivity index (χ1) is 10.6. The minimum atomic E-state index is 0.247. The third-order valence-electron chi connectivity index (χ3n) is 5.41. The van der Waals surface area contributed by atoms with E-state index >= 15 is 0 Å². The number of hydrogen-bond donors (Lipinski definition) is 0. The van der Waals surface area contributed by atoms with Gasteiger partial charge in [-0.3, -0.25) is 9.48 Å². The lowest BCUT2D eigenvalue weighted by atomic mass is 9.78. The average molecular weight is 317 g/mol. The number of likely N-dealkylation sites (tertiary alicyclic amines) is 1. The van der Waals surface area contributed by atoms with Gasteiger partial charge in [0.1, 0.15) is 4.83 Å². The van der Waals surface area contributed by atoms with E-state index in [0.29, 0.717) is 6.04 Å². The largest absolute Gasteiger partial charge is 0.335 e. The summed E-state index contributed by atoms with van der Waals surface area (Å²) in [5, 5.41) is 5.56. The maximum Gasteiger partial charge on any atom is 0.264 e. The highest BCUT2D eigenvalue weighted by Crippen LogP contribution is 2.37. The number of hydrogen-bond acceptors (Lipinski definition) is 3. The van der Waals surface area contributed by atoms with Crippen LogP contribution in [0.3, 0.4) is 0 Å². The predicted octanol–water partition coefficient (Wildman–Crippen LogP) is 3.74. The van der Waals surface area contributed by atoms with Gasteiger partial charge in [0.2, 0.25) is 0 Å². The molecule has 0 aromatic carbocycles. The van der Waals surface area contributed by atoms with E-state index in [9.17, 15) is 4.79 Å². The number of aryl methyl sites for hydroxylation is 2. The maximum absolute atomic E-state index is 13.1. The third kappa shape index (κ3) is 2.18. The van der Waals surface area contributed by atoms with Crippen molar-refractivity contribution in [3.63, 3.8) is 0 Å². The Morgan fingerprint density at radius 2 is 2.05 bits per heavy atom. The molecule has 4 nitrogen and oxygen atoms in total. The Balaban J connectivity index is 1.65. The van der Waals surface area contributed by atoms with E-state index in [2.05, 4.69) is 16.1 Å². The normalized spacial score (nSPS) is 25.5. The summed E-state index contributed by atoms with van der Waals surface area (Å²) in [5.41, 5.74) is 1.02. The van der Waals surface area contributed by atoms with Crippen LogP contribution in [0.5, 0.6) is 0 Å². The highest BCUT2D eigenvalue weighted by Gasteiger charge is 2.36. The van der Waals surface area contributed by atoms with Gasteiger partial charge in [0.15, 0.2) is 0 Å². The minimum absolute atomic E-state index is 0.247. The van der Waals surface area contributed by atoms with Crippen LogP contribution in [0.15, 0.2) is 6.07 Å². The molecule has 2 atom stereocenters. The van der Waals surface area contributed by atoms with E-state index in [0.717, 1.165) is 33.3 Å². The maximum atomic E-state index is 13.1. The minimum Gasteiger partial charge on any atom is -0.335 e. The van der Waals surface area contributed by atoms with Crippen LogP contribution in [0.1, 0.15) is 53.9 Å². The smallest absolute Gasteiger partial charge is 0.264 e. The van der Waals surface area contributed by atoms with Crippen LogP contribution < -0.4 is 0 Å². The molecule has 2 aliphatic rings. The molecule has 2 aromatic rings. The van der Waals surface area contributed by atoms with Gasteiger partial charge in [0.05, 0.1) is 10.6 Å². The van der Waals surface area contributed by atoms with Crippen molar-refractivity contribution < 1.29 is 4.79 Å². The standard InChI is InChI=1S/C17H23N3OS/c1-11-13-10-15(22-17(13)19(2)18-11)16(21)20-9-5-7-12-6-3-4-8-14(12)20/h10,12,14H,3-9H2,1-2H3. The lowest BCUT2D eigenvalue weighted by Crippen LogP contribution is -2.49. The van der Waals surface area contributed by atoms with Crippen LogP contribution in [0.25, 0.3) is 10.2 Å². The summed E-state index contributed by atoms with van der Waals surface area (Å²) in [7, 11) is 1.96. The Hall–Kier alpha value is -1.36. The van der Waals surface area contributed by atoms with E-state index in [1.807, 2.05) is 18.7 Å². The Bertz CT molecular complexity index is 680. The SMILES string of the molecule is Cc1nn(C)c2sc(C(=O)N3CCCC4CCCCC43)cc12. The van der Waals surface area contributed by atoms with Crippen LogP contribution in [-0.2, 0) is 7.05 Å². The second-order valence-electron chi connectivity index (χ2n) is 6.79. The summed E-state index contributed by atoms with van der Waals surface area (Å²) < 4.78 is 1.89. The van der Waals surface area contributed by atoms with Crippen molar-refractivity contribution in [2.75, 3.05) is 6.54 Å². The van der Waals surface area contributed by atoms with E-state index in [-0.39, 0.29) is 5.91 Å². The highest BCUT2D eigenvalue weighted by atomic mass is 32.1. The van der Waals surface area contributed by atoms with E-state index in [1.165, 1.54) is 38.5 Å². The van der Waals surface area contributed by atoms with Crippen molar-refractivity contribution in [2.24, 2.45) is 13.0 Å². The molecule has 1 aliphatic heterocycles. The lowest BCUT2D eigenvalue weighted by Gasteiger charge is -2.44. The number of carbonyl (C=O) groups excluding carboxylic acids is 1. The van der Waals surface area contributed by atoms with Crippen molar-refractivity contribution in [3.05, 3.63) is 16.6 Å². The van der Waals surface area contributed by atoms with Crippen molar-refractivity contribution in [3.8, 4) is 0 Å². The lowest BCUT2D eigenvalue weighted by molar-refractivity contribution is 0.0395. The van der Waals surface area contributed by atoms with Gasteiger partial charge in [0, 0.05) is 25.0 Å². The second-order valence-corrected chi connectivity index (χ2v) is 7.82. The highest BCUT2D eigenvalue weighted by molar-refractivity contribution is 7.20. The number of piperidine rings is 1. The Morgan fingerprint density at radius 3 is 2.86 bits per heavy atom. The molecule has 0 bridgehead atoms. The Morgan fingerprint density at radius 1 is 1.27 bits per heavy atom. The fraction of sp³-hybridized carbons (Fsp3) is 0.647. The fourth-order valence-corrected chi connectivity index (χ4v) is 5.41. The second kappa shape index (κ2) is 5.37. The van der Waals surface area contributed by atoms with Gasteiger partial charge in [-0.05, 0) is 44.6 Å². The van der Waals surface area contributed by atoms with Crippen LogP contribution >= 0.6 is 11.3 Å².